The molecule has 18 heavy (non-hydrogen) atoms. The second-order valence-electron chi connectivity index (χ2n) is 6.60. The molecule has 1 atom stereocenters. The maximum atomic E-state index is 12.0. The largest absolute Gasteiger partial charge is 0.444 e. The first kappa shape index (κ1) is 13.6. The van der Waals surface area contributed by atoms with E-state index in [-0.39, 0.29) is 11.6 Å². The molecule has 0 bridgehead atoms. The van der Waals surface area contributed by atoms with Crippen LogP contribution in [-0.2, 0) is 4.74 Å². The fourth-order valence-electron chi connectivity index (χ4n) is 2.79. The van der Waals surface area contributed by atoms with Crippen molar-refractivity contribution in [2.45, 2.75) is 38.3 Å². The summed E-state index contributed by atoms with van der Waals surface area (Å²) < 4.78 is 5.43. The van der Waals surface area contributed by atoms with Crippen molar-refractivity contribution in [2.75, 3.05) is 39.8 Å². The van der Waals surface area contributed by atoms with Gasteiger partial charge in [0.05, 0.1) is 5.54 Å². The van der Waals surface area contributed by atoms with Crippen LogP contribution in [0.25, 0.3) is 0 Å². The molecule has 2 heterocycles. The molecule has 5 nitrogen and oxygen atoms in total. The number of hydrogen-bond acceptors (Lipinski definition) is 4. The van der Waals surface area contributed by atoms with Gasteiger partial charge in [0.2, 0.25) is 0 Å². The number of carbonyl (C=O) groups excluding carboxylic acids is 1. The maximum absolute atomic E-state index is 12.0. The third kappa shape index (κ3) is 3.14. The van der Waals surface area contributed by atoms with Gasteiger partial charge in [-0.2, -0.15) is 0 Å². The number of nitrogens with one attached hydrogen (secondary N) is 1. The van der Waals surface area contributed by atoms with E-state index in [1.807, 2.05) is 25.7 Å². The molecule has 1 spiro atoms. The number of piperazine rings is 1. The Morgan fingerprint density at radius 2 is 2.00 bits per heavy atom. The molecule has 2 aliphatic rings. The number of hydrogen-bond donors (Lipinski definition) is 1. The third-order valence-corrected chi connectivity index (χ3v) is 3.57. The van der Waals surface area contributed by atoms with E-state index in [9.17, 15) is 4.79 Å². The molecule has 2 fully saturated rings. The van der Waals surface area contributed by atoms with Gasteiger partial charge in [-0.1, -0.05) is 0 Å². The van der Waals surface area contributed by atoms with Gasteiger partial charge in [-0.05, 0) is 34.2 Å². The smallest absolute Gasteiger partial charge is 0.410 e. The van der Waals surface area contributed by atoms with Crippen LogP contribution in [0.2, 0.25) is 0 Å². The summed E-state index contributed by atoms with van der Waals surface area (Å²) in [7, 11) is 2.14. The van der Waals surface area contributed by atoms with Crippen LogP contribution in [0.5, 0.6) is 0 Å². The molecule has 0 aromatic carbocycles. The average Bonchev–Trinajstić information content (AvgIpc) is 2.59. The van der Waals surface area contributed by atoms with Crippen molar-refractivity contribution in [1.82, 2.24) is 15.1 Å². The quantitative estimate of drug-likeness (QED) is 0.698. The molecule has 1 amide bonds. The Hall–Kier alpha value is -0.810. The Morgan fingerprint density at radius 3 is 2.61 bits per heavy atom. The lowest BCUT2D eigenvalue weighted by molar-refractivity contribution is 0.0269. The zero-order valence-corrected chi connectivity index (χ0v) is 12.0. The first-order valence-corrected chi connectivity index (χ1v) is 6.71. The molecule has 1 N–H and O–H groups in total. The number of likely N-dealkylation sites (tertiary alicyclic amines) is 1. The van der Waals surface area contributed by atoms with Gasteiger partial charge in [0.25, 0.3) is 0 Å². The molecule has 2 aliphatic heterocycles. The molecule has 1 unspecified atom stereocenters. The molecular weight excluding hydrogens is 230 g/mol. The maximum Gasteiger partial charge on any atom is 0.410 e. The van der Waals surface area contributed by atoms with Gasteiger partial charge < -0.3 is 19.9 Å². The Morgan fingerprint density at radius 1 is 1.28 bits per heavy atom. The van der Waals surface area contributed by atoms with E-state index in [2.05, 4.69) is 17.3 Å². The Bertz CT molecular complexity index is 327. The number of nitrogens with zero attached hydrogens (tertiary/aromatic N) is 2. The van der Waals surface area contributed by atoms with E-state index >= 15 is 0 Å². The number of amides is 1. The summed E-state index contributed by atoms with van der Waals surface area (Å²) in [5, 5.41) is 3.58. The lowest BCUT2D eigenvalue weighted by atomic mass is 9.96. The predicted octanol–water partition coefficient (Wildman–Crippen LogP) is 0.901. The van der Waals surface area contributed by atoms with Crippen LogP contribution in [0, 0.1) is 0 Å². The topological polar surface area (TPSA) is 44.8 Å². The van der Waals surface area contributed by atoms with Gasteiger partial charge in [-0.15, -0.1) is 0 Å². The fraction of sp³-hybridized carbons (Fsp3) is 0.923. The minimum Gasteiger partial charge on any atom is -0.444 e. The summed E-state index contributed by atoms with van der Waals surface area (Å²) in [5.74, 6) is 0. The first-order valence-electron chi connectivity index (χ1n) is 6.71. The lowest BCUT2D eigenvalue weighted by Crippen LogP contribution is -2.61. The molecule has 0 radical (unpaired) electrons. The van der Waals surface area contributed by atoms with Crippen molar-refractivity contribution in [2.24, 2.45) is 0 Å². The summed E-state index contributed by atoms with van der Waals surface area (Å²) in [6.45, 7) is 10.3. The monoisotopic (exact) mass is 255 g/mol. The van der Waals surface area contributed by atoms with Crippen LogP contribution in [0.15, 0.2) is 0 Å². The number of likely N-dealkylation sites (N-methyl/N-ethyl adjacent to an activating group) is 1. The highest BCUT2D eigenvalue weighted by molar-refractivity contribution is 5.68. The molecule has 2 rings (SSSR count). The van der Waals surface area contributed by atoms with Gasteiger partial charge in [0.1, 0.15) is 5.60 Å². The number of rotatable bonds is 0. The van der Waals surface area contributed by atoms with Crippen LogP contribution >= 0.6 is 0 Å². The zero-order valence-electron chi connectivity index (χ0n) is 12.0. The highest BCUT2D eigenvalue weighted by Crippen LogP contribution is 2.25. The third-order valence-electron chi connectivity index (χ3n) is 3.57. The van der Waals surface area contributed by atoms with E-state index in [0.29, 0.717) is 0 Å². The summed E-state index contributed by atoms with van der Waals surface area (Å²) >= 11 is 0. The summed E-state index contributed by atoms with van der Waals surface area (Å²) in [5.41, 5.74) is -0.340. The van der Waals surface area contributed by atoms with Gasteiger partial charge in [0, 0.05) is 32.7 Å². The summed E-state index contributed by atoms with van der Waals surface area (Å²) in [6, 6.07) is 0. The van der Waals surface area contributed by atoms with E-state index in [1.165, 1.54) is 0 Å². The molecule has 0 aliphatic carbocycles. The Balaban J connectivity index is 1.93. The highest BCUT2D eigenvalue weighted by atomic mass is 16.6. The van der Waals surface area contributed by atoms with Crippen molar-refractivity contribution in [3.05, 3.63) is 0 Å². The molecule has 0 aromatic rings. The highest BCUT2D eigenvalue weighted by Gasteiger charge is 2.42. The van der Waals surface area contributed by atoms with Crippen LogP contribution in [0.4, 0.5) is 4.79 Å². The van der Waals surface area contributed by atoms with Gasteiger partial charge >= 0.3 is 6.09 Å². The molecular formula is C13H25N3O2. The second kappa shape index (κ2) is 4.70. The Kier molecular flexibility index (Phi) is 3.56. The van der Waals surface area contributed by atoms with Crippen LogP contribution < -0.4 is 5.32 Å². The fourth-order valence-corrected chi connectivity index (χ4v) is 2.79. The average molecular weight is 255 g/mol. The molecule has 0 aromatic heterocycles. The van der Waals surface area contributed by atoms with Crippen molar-refractivity contribution in [1.29, 1.82) is 0 Å². The predicted molar refractivity (Wildman–Crippen MR) is 70.7 cm³/mol. The van der Waals surface area contributed by atoms with E-state index < -0.39 is 5.60 Å². The van der Waals surface area contributed by atoms with Crippen LogP contribution in [0.1, 0.15) is 27.2 Å². The van der Waals surface area contributed by atoms with Crippen LogP contribution in [0.3, 0.4) is 0 Å². The van der Waals surface area contributed by atoms with E-state index in [0.717, 1.165) is 39.1 Å². The summed E-state index contributed by atoms with van der Waals surface area (Å²) in [6.07, 6.45) is 0.825. The molecule has 2 saturated heterocycles. The summed E-state index contributed by atoms with van der Waals surface area (Å²) in [4.78, 5) is 16.2. The second-order valence-corrected chi connectivity index (χ2v) is 6.60. The van der Waals surface area contributed by atoms with Crippen molar-refractivity contribution in [3.8, 4) is 0 Å². The SMILES string of the molecule is CN1CCNC2(CCN(C(=O)OC(C)(C)C)C2)C1. The molecule has 5 heteroatoms. The first-order chi connectivity index (χ1) is 8.30. The number of carbonyl (C=O) groups is 1. The van der Waals surface area contributed by atoms with Gasteiger partial charge in [-0.25, -0.2) is 4.79 Å². The van der Waals surface area contributed by atoms with Gasteiger partial charge in [-0.3, -0.25) is 0 Å². The van der Waals surface area contributed by atoms with Crippen LogP contribution in [-0.4, -0.2) is 66.8 Å². The minimum atomic E-state index is -0.413. The molecule has 104 valence electrons. The van der Waals surface area contributed by atoms with Crippen molar-refractivity contribution < 1.29 is 9.53 Å². The molecule has 0 saturated carbocycles. The van der Waals surface area contributed by atoms with Gasteiger partial charge in [0.15, 0.2) is 0 Å². The van der Waals surface area contributed by atoms with Crippen molar-refractivity contribution >= 4 is 6.09 Å². The number of ether oxygens (including phenoxy) is 1. The normalized spacial score (nSPS) is 29.9. The zero-order chi connectivity index (χ0) is 13.4. The standard InChI is InChI=1S/C13H25N3O2/c1-12(2,3)18-11(17)16-7-5-13(10-16)9-15(4)8-6-14-13/h14H,5-10H2,1-4H3. The van der Waals surface area contributed by atoms with Crippen molar-refractivity contribution in [3.63, 3.8) is 0 Å². The van der Waals surface area contributed by atoms with E-state index in [4.69, 9.17) is 4.74 Å². The minimum absolute atomic E-state index is 0.0733. The Labute approximate surface area is 109 Å². The lowest BCUT2D eigenvalue weighted by Gasteiger charge is -2.39. The van der Waals surface area contributed by atoms with E-state index in [1.54, 1.807) is 0 Å².